The molecule has 0 spiro atoms. The van der Waals surface area contributed by atoms with Crippen molar-refractivity contribution in [3.63, 3.8) is 0 Å². The van der Waals surface area contributed by atoms with E-state index in [2.05, 4.69) is 27.7 Å². The molecule has 2 nitrogen and oxygen atoms in total. The third-order valence-electron chi connectivity index (χ3n) is 10.4. The highest BCUT2D eigenvalue weighted by Gasteiger charge is 2.59. The molecule has 2 heteroatoms. The molecular weight excluding hydrogens is 356 g/mol. The van der Waals surface area contributed by atoms with Gasteiger partial charge in [0.05, 0.1) is 0 Å². The molecule has 3 saturated carbocycles. The molecule has 0 aromatic rings. The molecule has 0 saturated heterocycles. The number of rotatable bonds is 6. The molecule has 164 valence electrons. The number of carbonyl (C=O) groups is 1. The lowest BCUT2D eigenvalue weighted by molar-refractivity contribution is -0.117. The molecule has 4 rings (SSSR count). The third kappa shape index (κ3) is 3.66. The third-order valence-corrected chi connectivity index (χ3v) is 10.4. The summed E-state index contributed by atoms with van der Waals surface area (Å²) in [4.78, 5) is 12.0. The molecule has 4 aliphatic carbocycles. The van der Waals surface area contributed by atoms with Crippen molar-refractivity contribution in [3.8, 4) is 0 Å². The Labute approximate surface area is 178 Å². The Kier molecular flexibility index (Phi) is 6.06. The van der Waals surface area contributed by atoms with Crippen molar-refractivity contribution in [2.75, 3.05) is 6.61 Å². The van der Waals surface area contributed by atoms with Crippen LogP contribution in [0.4, 0.5) is 0 Å². The second kappa shape index (κ2) is 8.13. The lowest BCUT2D eigenvalue weighted by Crippen LogP contribution is -2.50. The van der Waals surface area contributed by atoms with Crippen LogP contribution in [0.15, 0.2) is 11.6 Å². The average molecular weight is 401 g/mol. The first-order valence-corrected chi connectivity index (χ1v) is 12.6. The van der Waals surface area contributed by atoms with E-state index in [1.165, 1.54) is 63.4 Å². The molecule has 0 bridgehead atoms. The van der Waals surface area contributed by atoms with Crippen LogP contribution in [0.5, 0.6) is 0 Å². The van der Waals surface area contributed by atoms with Gasteiger partial charge in [-0.15, -0.1) is 0 Å². The Bertz CT molecular complexity index is 651. The first-order valence-electron chi connectivity index (χ1n) is 12.6. The zero-order valence-corrected chi connectivity index (χ0v) is 19.4. The van der Waals surface area contributed by atoms with Gasteiger partial charge < -0.3 is 5.11 Å². The Balaban J connectivity index is 1.46. The first-order chi connectivity index (χ1) is 13.8. The normalized spacial score (nSPS) is 43.8. The molecule has 0 radical (unpaired) electrons. The number of carbonyl (C=O) groups excluding carboxylic acids is 1. The fourth-order valence-electron chi connectivity index (χ4n) is 8.62. The van der Waals surface area contributed by atoms with Gasteiger partial charge in [-0.25, -0.2) is 0 Å². The van der Waals surface area contributed by atoms with E-state index in [9.17, 15) is 9.90 Å². The minimum Gasteiger partial charge on any atom is -0.396 e. The predicted octanol–water partition coefficient (Wildman–Crippen LogP) is 6.57. The molecule has 0 aromatic heterocycles. The van der Waals surface area contributed by atoms with Gasteiger partial charge in [-0.2, -0.15) is 0 Å². The van der Waals surface area contributed by atoms with Crippen molar-refractivity contribution in [3.05, 3.63) is 11.6 Å². The zero-order chi connectivity index (χ0) is 20.8. The molecular formula is C27H44O2. The molecule has 0 heterocycles. The summed E-state index contributed by atoms with van der Waals surface area (Å²) in [6.07, 6.45) is 15.8. The van der Waals surface area contributed by atoms with E-state index < -0.39 is 0 Å². The van der Waals surface area contributed by atoms with Crippen molar-refractivity contribution in [1.82, 2.24) is 0 Å². The lowest BCUT2D eigenvalue weighted by Gasteiger charge is -2.58. The van der Waals surface area contributed by atoms with E-state index in [-0.39, 0.29) is 0 Å². The highest BCUT2D eigenvalue weighted by molar-refractivity contribution is 5.91. The van der Waals surface area contributed by atoms with E-state index in [0.717, 1.165) is 42.4 Å². The van der Waals surface area contributed by atoms with Crippen molar-refractivity contribution < 1.29 is 9.90 Å². The SMILES string of the molecule is CC(CO)CCC[C@@H](C)[C@H]1CC[C@H]2[C@@H]3CCC4=CC(=O)CC[C@]4(C)[C@H]3CC[C@]12C. The topological polar surface area (TPSA) is 37.3 Å². The van der Waals surface area contributed by atoms with Gasteiger partial charge in [0.2, 0.25) is 0 Å². The highest BCUT2D eigenvalue weighted by Crippen LogP contribution is 2.67. The summed E-state index contributed by atoms with van der Waals surface area (Å²) in [5.41, 5.74) is 2.34. The smallest absolute Gasteiger partial charge is 0.155 e. The fourth-order valence-corrected chi connectivity index (χ4v) is 8.62. The molecule has 29 heavy (non-hydrogen) atoms. The summed E-state index contributed by atoms with van der Waals surface area (Å²) in [5.74, 6) is 5.13. The molecule has 4 aliphatic rings. The molecule has 0 aromatic carbocycles. The van der Waals surface area contributed by atoms with Crippen LogP contribution in [-0.2, 0) is 4.79 Å². The first kappa shape index (κ1) is 21.6. The van der Waals surface area contributed by atoms with E-state index in [1.807, 2.05) is 6.08 Å². The fraction of sp³-hybridized carbons (Fsp3) is 0.889. The van der Waals surface area contributed by atoms with Crippen LogP contribution in [0, 0.1) is 46.3 Å². The maximum Gasteiger partial charge on any atom is 0.155 e. The largest absolute Gasteiger partial charge is 0.396 e. The maximum absolute atomic E-state index is 12.0. The van der Waals surface area contributed by atoms with E-state index in [4.69, 9.17) is 0 Å². The van der Waals surface area contributed by atoms with Crippen molar-refractivity contribution in [2.24, 2.45) is 46.3 Å². The number of aliphatic hydroxyl groups excluding tert-OH is 1. The van der Waals surface area contributed by atoms with Crippen molar-refractivity contribution in [1.29, 1.82) is 0 Å². The van der Waals surface area contributed by atoms with Crippen LogP contribution in [-0.4, -0.2) is 17.5 Å². The Morgan fingerprint density at radius 2 is 1.83 bits per heavy atom. The molecule has 0 aliphatic heterocycles. The summed E-state index contributed by atoms with van der Waals surface area (Å²) in [7, 11) is 0. The Morgan fingerprint density at radius 3 is 2.59 bits per heavy atom. The van der Waals surface area contributed by atoms with Gasteiger partial charge in [0.1, 0.15) is 0 Å². The van der Waals surface area contributed by atoms with Crippen LogP contribution in [0.25, 0.3) is 0 Å². The summed E-state index contributed by atoms with van der Waals surface area (Å²) >= 11 is 0. The van der Waals surface area contributed by atoms with E-state index >= 15 is 0 Å². The standard InChI is InChI=1S/C27H44O2/c1-18(17-28)6-5-7-19(2)23-10-11-24-22-9-8-20-16-21(29)12-14-26(20,3)25(22)13-15-27(23,24)4/h16,18-19,22-25,28H,5-15,17H2,1-4H3/t18?,19-,22+,23-,24+,25+,26+,27-/m1/s1. The quantitative estimate of drug-likeness (QED) is 0.547. The Hall–Kier alpha value is -0.630. The van der Waals surface area contributed by atoms with Crippen molar-refractivity contribution in [2.45, 2.75) is 98.3 Å². The monoisotopic (exact) mass is 400 g/mol. The van der Waals surface area contributed by atoms with Gasteiger partial charge >= 0.3 is 0 Å². The highest BCUT2D eigenvalue weighted by atomic mass is 16.3. The van der Waals surface area contributed by atoms with Gasteiger partial charge in [-0.3, -0.25) is 4.79 Å². The summed E-state index contributed by atoms with van der Waals surface area (Å²) in [6, 6.07) is 0. The maximum atomic E-state index is 12.0. The second-order valence-electron chi connectivity index (χ2n) is 11.9. The number of allylic oxidation sites excluding steroid dienone is 1. The molecule has 8 atom stereocenters. The van der Waals surface area contributed by atoms with Crippen LogP contribution in [0.2, 0.25) is 0 Å². The van der Waals surface area contributed by atoms with Crippen LogP contribution >= 0.6 is 0 Å². The summed E-state index contributed by atoms with van der Waals surface area (Å²) in [5, 5.41) is 9.31. The summed E-state index contributed by atoms with van der Waals surface area (Å²) in [6.45, 7) is 10.2. The van der Waals surface area contributed by atoms with Crippen LogP contribution in [0.1, 0.15) is 98.3 Å². The minimum absolute atomic E-state index is 0.308. The molecule has 3 fully saturated rings. The second-order valence-corrected chi connectivity index (χ2v) is 11.9. The number of hydrogen-bond acceptors (Lipinski definition) is 2. The minimum atomic E-state index is 0.308. The average Bonchev–Trinajstić information content (AvgIpc) is 3.05. The van der Waals surface area contributed by atoms with Crippen molar-refractivity contribution >= 4 is 5.78 Å². The van der Waals surface area contributed by atoms with E-state index in [0.29, 0.717) is 29.1 Å². The molecule has 1 unspecified atom stereocenters. The van der Waals surface area contributed by atoms with Gasteiger partial charge in [0.25, 0.3) is 0 Å². The zero-order valence-electron chi connectivity index (χ0n) is 19.4. The number of hydrogen-bond donors (Lipinski definition) is 1. The van der Waals surface area contributed by atoms with Gasteiger partial charge in [-0.05, 0) is 104 Å². The molecule has 0 amide bonds. The van der Waals surface area contributed by atoms with Gasteiger partial charge in [-0.1, -0.05) is 46.1 Å². The number of ketones is 1. The van der Waals surface area contributed by atoms with Crippen LogP contribution in [0.3, 0.4) is 0 Å². The molecule has 1 N–H and O–H groups in total. The predicted molar refractivity (Wildman–Crippen MR) is 119 cm³/mol. The van der Waals surface area contributed by atoms with Gasteiger partial charge in [0, 0.05) is 13.0 Å². The Morgan fingerprint density at radius 1 is 1.03 bits per heavy atom. The number of fused-ring (bicyclic) bond motifs is 5. The van der Waals surface area contributed by atoms with Gasteiger partial charge in [0.15, 0.2) is 5.78 Å². The van der Waals surface area contributed by atoms with Crippen LogP contribution < -0.4 is 0 Å². The number of aliphatic hydroxyl groups is 1. The van der Waals surface area contributed by atoms with E-state index in [1.54, 1.807) is 0 Å². The summed E-state index contributed by atoms with van der Waals surface area (Å²) < 4.78 is 0. The lowest BCUT2D eigenvalue weighted by atomic mass is 9.46.